The van der Waals surface area contributed by atoms with Gasteiger partial charge in [0.15, 0.2) is 11.5 Å². The molecule has 1 N–H and O–H groups in total. The Kier molecular flexibility index (Phi) is 4.22. The van der Waals surface area contributed by atoms with Crippen LogP contribution in [0.1, 0.15) is 37.6 Å². The molecular formula is C14H21NO3. The molecule has 0 fully saturated rings. The Morgan fingerprint density at radius 2 is 2.06 bits per heavy atom. The fraction of sp³-hybridized carbons (Fsp3) is 0.500. The van der Waals surface area contributed by atoms with Crippen molar-refractivity contribution in [1.82, 2.24) is 4.90 Å². The van der Waals surface area contributed by atoms with E-state index in [1.54, 1.807) is 24.1 Å². The van der Waals surface area contributed by atoms with E-state index in [1.165, 1.54) is 13.2 Å². The number of phenols is 1. The number of hydrogen-bond acceptors (Lipinski definition) is 3. The van der Waals surface area contributed by atoms with E-state index in [9.17, 15) is 9.90 Å². The third-order valence-electron chi connectivity index (χ3n) is 3.50. The molecule has 0 heterocycles. The molecular weight excluding hydrogens is 230 g/mol. The van der Waals surface area contributed by atoms with E-state index in [2.05, 4.69) is 0 Å². The minimum absolute atomic E-state index is 0.0222. The van der Waals surface area contributed by atoms with Crippen LogP contribution in [0.2, 0.25) is 0 Å². The molecule has 0 saturated carbocycles. The average molecular weight is 251 g/mol. The molecule has 1 aromatic rings. The highest BCUT2D eigenvalue weighted by atomic mass is 16.5. The number of methoxy groups -OCH3 is 1. The van der Waals surface area contributed by atoms with Crippen LogP contribution in [-0.4, -0.2) is 35.6 Å². The van der Waals surface area contributed by atoms with Crippen molar-refractivity contribution in [2.24, 2.45) is 0 Å². The minimum Gasteiger partial charge on any atom is -0.504 e. The first kappa shape index (κ1) is 14.4. The minimum atomic E-state index is -0.216. The Balaban J connectivity index is 3.01. The lowest BCUT2D eigenvalue weighted by atomic mass is 9.99. The van der Waals surface area contributed by atoms with Gasteiger partial charge in [-0.15, -0.1) is 0 Å². The highest BCUT2D eigenvalue weighted by Crippen LogP contribution is 2.28. The van der Waals surface area contributed by atoms with Gasteiger partial charge in [-0.3, -0.25) is 4.79 Å². The van der Waals surface area contributed by atoms with E-state index in [-0.39, 0.29) is 17.2 Å². The first-order chi connectivity index (χ1) is 8.33. The van der Waals surface area contributed by atoms with E-state index in [4.69, 9.17) is 4.74 Å². The second-order valence-electron chi connectivity index (χ2n) is 4.92. The summed E-state index contributed by atoms with van der Waals surface area (Å²) in [6.07, 6.45) is 0.859. The highest BCUT2D eigenvalue weighted by Gasteiger charge is 2.26. The number of carbonyl (C=O) groups is 1. The van der Waals surface area contributed by atoms with Crippen LogP contribution in [0.15, 0.2) is 18.2 Å². The Hall–Kier alpha value is -1.71. The number of benzene rings is 1. The molecule has 1 aromatic carbocycles. The van der Waals surface area contributed by atoms with Gasteiger partial charge in [0.2, 0.25) is 0 Å². The second kappa shape index (κ2) is 5.29. The van der Waals surface area contributed by atoms with Gasteiger partial charge in [0.1, 0.15) is 0 Å². The predicted molar refractivity (Wildman–Crippen MR) is 71.1 cm³/mol. The average Bonchev–Trinajstić information content (AvgIpc) is 2.36. The lowest BCUT2D eigenvalue weighted by molar-refractivity contribution is 0.0620. The van der Waals surface area contributed by atoms with E-state index >= 15 is 0 Å². The zero-order valence-electron chi connectivity index (χ0n) is 11.7. The molecule has 18 heavy (non-hydrogen) atoms. The lowest BCUT2D eigenvalue weighted by Crippen LogP contribution is -2.44. The maximum absolute atomic E-state index is 12.3. The van der Waals surface area contributed by atoms with Crippen molar-refractivity contribution in [3.05, 3.63) is 23.8 Å². The molecule has 0 atom stereocenters. The van der Waals surface area contributed by atoms with Crippen LogP contribution in [0.5, 0.6) is 11.5 Å². The summed E-state index contributed by atoms with van der Waals surface area (Å²) in [5.41, 5.74) is 0.240. The number of rotatable bonds is 4. The largest absolute Gasteiger partial charge is 0.504 e. The van der Waals surface area contributed by atoms with Crippen molar-refractivity contribution >= 4 is 5.91 Å². The summed E-state index contributed by atoms with van der Waals surface area (Å²) in [6.45, 7) is 6.05. The van der Waals surface area contributed by atoms with Gasteiger partial charge in [-0.25, -0.2) is 0 Å². The molecule has 100 valence electrons. The van der Waals surface area contributed by atoms with Gasteiger partial charge in [-0.2, -0.15) is 0 Å². The van der Waals surface area contributed by atoms with Gasteiger partial charge in [0.05, 0.1) is 7.11 Å². The molecule has 0 aliphatic carbocycles. The quantitative estimate of drug-likeness (QED) is 0.895. The van der Waals surface area contributed by atoms with Crippen LogP contribution in [-0.2, 0) is 0 Å². The fourth-order valence-electron chi connectivity index (χ4n) is 1.53. The molecule has 0 unspecified atom stereocenters. The molecule has 0 bridgehead atoms. The lowest BCUT2D eigenvalue weighted by Gasteiger charge is -2.35. The van der Waals surface area contributed by atoms with Gasteiger partial charge in [-0.1, -0.05) is 6.92 Å². The van der Waals surface area contributed by atoms with E-state index in [0.29, 0.717) is 11.3 Å². The van der Waals surface area contributed by atoms with E-state index in [1.807, 2.05) is 20.8 Å². The molecule has 0 spiro atoms. The number of phenolic OH excluding ortho intramolecular Hbond substituents is 1. The standard InChI is InChI=1S/C14H21NO3/c1-6-14(2,3)15(4)13(17)10-7-8-12(18-5)11(16)9-10/h7-9,16H,6H2,1-5H3. The number of carbonyl (C=O) groups excluding carboxylic acids is 1. The topological polar surface area (TPSA) is 49.8 Å². The third-order valence-corrected chi connectivity index (χ3v) is 3.50. The monoisotopic (exact) mass is 251 g/mol. The second-order valence-corrected chi connectivity index (χ2v) is 4.92. The molecule has 0 aromatic heterocycles. The smallest absolute Gasteiger partial charge is 0.254 e. The number of aromatic hydroxyl groups is 1. The summed E-state index contributed by atoms with van der Waals surface area (Å²) in [6, 6.07) is 4.68. The van der Waals surface area contributed by atoms with Crippen LogP contribution >= 0.6 is 0 Å². The fourth-order valence-corrected chi connectivity index (χ4v) is 1.53. The van der Waals surface area contributed by atoms with Crippen molar-refractivity contribution in [2.45, 2.75) is 32.7 Å². The summed E-state index contributed by atoms with van der Waals surface area (Å²) in [7, 11) is 3.25. The number of hydrogen-bond donors (Lipinski definition) is 1. The SMILES string of the molecule is CCC(C)(C)N(C)C(=O)c1ccc(OC)c(O)c1. The molecule has 1 amide bonds. The Morgan fingerprint density at radius 3 is 2.50 bits per heavy atom. The van der Waals surface area contributed by atoms with Crippen molar-refractivity contribution in [2.75, 3.05) is 14.2 Å². The molecule has 4 heteroatoms. The van der Waals surface area contributed by atoms with Gasteiger partial charge in [0, 0.05) is 18.2 Å². The number of nitrogens with zero attached hydrogens (tertiary/aromatic N) is 1. The van der Waals surface area contributed by atoms with Crippen molar-refractivity contribution in [3.8, 4) is 11.5 Å². The zero-order valence-corrected chi connectivity index (χ0v) is 11.7. The van der Waals surface area contributed by atoms with Gasteiger partial charge < -0.3 is 14.7 Å². The summed E-state index contributed by atoms with van der Waals surface area (Å²) < 4.78 is 4.95. The maximum Gasteiger partial charge on any atom is 0.254 e. The molecule has 4 nitrogen and oxygen atoms in total. The first-order valence-corrected chi connectivity index (χ1v) is 5.98. The summed E-state index contributed by atoms with van der Waals surface area (Å²) in [4.78, 5) is 14.0. The van der Waals surface area contributed by atoms with Crippen LogP contribution in [0.3, 0.4) is 0 Å². The predicted octanol–water partition coefficient (Wildman–Crippen LogP) is 2.66. The van der Waals surface area contributed by atoms with Crippen LogP contribution in [0.4, 0.5) is 0 Å². The van der Waals surface area contributed by atoms with Crippen LogP contribution in [0, 0.1) is 0 Å². The van der Waals surface area contributed by atoms with Crippen molar-refractivity contribution < 1.29 is 14.6 Å². The number of amides is 1. The molecule has 0 radical (unpaired) electrons. The Labute approximate surface area is 108 Å². The van der Waals surface area contributed by atoms with Crippen molar-refractivity contribution in [3.63, 3.8) is 0 Å². The first-order valence-electron chi connectivity index (χ1n) is 5.98. The Bertz CT molecular complexity index is 441. The van der Waals surface area contributed by atoms with Crippen LogP contribution < -0.4 is 4.74 Å². The Morgan fingerprint density at radius 1 is 1.44 bits per heavy atom. The van der Waals surface area contributed by atoms with Gasteiger partial charge >= 0.3 is 0 Å². The van der Waals surface area contributed by atoms with E-state index in [0.717, 1.165) is 6.42 Å². The molecule has 0 aliphatic heterocycles. The number of ether oxygens (including phenoxy) is 1. The molecule has 1 rings (SSSR count). The summed E-state index contributed by atoms with van der Waals surface area (Å²) in [5.74, 6) is 0.231. The molecule has 0 aliphatic rings. The normalized spacial score (nSPS) is 11.2. The maximum atomic E-state index is 12.3. The van der Waals surface area contributed by atoms with Crippen LogP contribution in [0.25, 0.3) is 0 Å². The summed E-state index contributed by atoms with van der Waals surface area (Å²) in [5, 5.41) is 9.69. The summed E-state index contributed by atoms with van der Waals surface area (Å²) >= 11 is 0. The molecule has 0 saturated heterocycles. The van der Waals surface area contributed by atoms with Gasteiger partial charge in [0.25, 0.3) is 5.91 Å². The van der Waals surface area contributed by atoms with E-state index < -0.39 is 0 Å². The highest BCUT2D eigenvalue weighted by molar-refractivity contribution is 5.95. The zero-order chi connectivity index (χ0) is 13.9. The van der Waals surface area contributed by atoms with Gasteiger partial charge in [-0.05, 0) is 38.5 Å². The van der Waals surface area contributed by atoms with Crippen molar-refractivity contribution in [1.29, 1.82) is 0 Å². The third kappa shape index (κ3) is 2.75.